The first-order valence-corrected chi connectivity index (χ1v) is 9.32. The number of fused-ring (bicyclic) bond motifs is 3. The van der Waals surface area contributed by atoms with Crippen LogP contribution in [0.25, 0.3) is 33.1 Å². The molecule has 1 aliphatic carbocycles. The molecule has 1 amide bonds. The van der Waals surface area contributed by atoms with Gasteiger partial charge in [0.25, 0.3) is 11.7 Å². The number of anilines is 1. The minimum atomic E-state index is -4.39. The molecule has 6 N–H and O–H groups in total. The van der Waals surface area contributed by atoms with Gasteiger partial charge in [0.1, 0.15) is 17.5 Å². The van der Waals surface area contributed by atoms with Crippen molar-refractivity contribution in [1.29, 1.82) is 0 Å². The van der Waals surface area contributed by atoms with E-state index in [9.17, 15) is 18.0 Å². The van der Waals surface area contributed by atoms with Crippen molar-refractivity contribution in [2.75, 3.05) is 5.32 Å². The van der Waals surface area contributed by atoms with Crippen LogP contribution in [-0.4, -0.2) is 38.5 Å². The number of aromatic amines is 3. The highest BCUT2D eigenvalue weighted by Crippen LogP contribution is 2.42. The second-order valence-corrected chi connectivity index (χ2v) is 7.43. The van der Waals surface area contributed by atoms with Crippen LogP contribution in [-0.2, 0) is 0 Å². The number of amides is 1. The van der Waals surface area contributed by atoms with Crippen molar-refractivity contribution in [2.24, 2.45) is 11.7 Å². The summed E-state index contributed by atoms with van der Waals surface area (Å²) >= 11 is 0. The van der Waals surface area contributed by atoms with E-state index in [0.717, 1.165) is 5.56 Å². The normalized spacial score (nSPS) is 15.6. The quantitative estimate of drug-likeness (QED) is 0.399. The van der Waals surface area contributed by atoms with Gasteiger partial charge in [-0.15, -0.1) is 0 Å². The highest BCUT2D eigenvalue weighted by Gasteiger charge is 2.52. The molecule has 3 aromatic heterocycles. The molecule has 0 saturated heterocycles. The van der Waals surface area contributed by atoms with Crippen LogP contribution in [0.5, 0.6) is 0 Å². The number of hydrogen-bond donors (Lipinski definition) is 4. The predicted octanol–water partition coefficient (Wildman–Crippen LogP) is 2.77. The zero-order chi connectivity index (χ0) is 21.0. The lowest BCUT2D eigenvalue weighted by molar-refractivity contribution is -0.360. The minimum absolute atomic E-state index is 0.157. The van der Waals surface area contributed by atoms with Crippen molar-refractivity contribution in [3.63, 3.8) is 0 Å². The molecular weight excluding hydrogens is 399 g/mol. The number of H-pyrrole nitrogens is 3. The van der Waals surface area contributed by atoms with E-state index in [1.165, 1.54) is 6.20 Å². The van der Waals surface area contributed by atoms with E-state index in [1.807, 2.05) is 0 Å². The van der Waals surface area contributed by atoms with E-state index in [1.54, 1.807) is 24.4 Å². The molecule has 1 atom stereocenters. The number of nitrogens with zero attached hydrogens (tertiary/aromatic N) is 2. The fourth-order valence-corrected chi connectivity index (χ4v) is 3.81. The first-order valence-electron chi connectivity index (χ1n) is 9.32. The van der Waals surface area contributed by atoms with Crippen LogP contribution < -0.4 is 16.0 Å². The number of halogens is 3. The molecule has 1 saturated carbocycles. The summed E-state index contributed by atoms with van der Waals surface area (Å²) in [5, 5.41) is 14.1. The van der Waals surface area contributed by atoms with Crippen molar-refractivity contribution in [2.45, 2.75) is 25.1 Å². The third-order valence-electron chi connectivity index (χ3n) is 5.40. The number of benzene rings is 1. The standard InChI is InChI=1S/C19H16F3N7O/c20-19(21,22)16(8-1-2-8)27-18-14-10-4-3-9(13-7-25-29-28-13)5-12(10)26-15(14)11(6-24-18)17(23)30/h3-8,16,26H,1-2H2,(H2,23,30)(H,24,27)(H,25,28,29)/p+1/t16-/m1/s1. The van der Waals surface area contributed by atoms with Crippen molar-refractivity contribution in [1.82, 2.24) is 20.4 Å². The van der Waals surface area contributed by atoms with Gasteiger partial charge in [-0.25, -0.2) is 4.98 Å². The Balaban J connectivity index is 1.70. The average Bonchev–Trinajstić information content (AvgIpc) is 3.22. The number of nitrogens with two attached hydrogens (primary N) is 1. The molecule has 1 fully saturated rings. The number of nitrogens with one attached hydrogen (secondary N) is 4. The zero-order valence-corrected chi connectivity index (χ0v) is 15.5. The maximum Gasteiger partial charge on any atom is 0.428 e. The van der Waals surface area contributed by atoms with Crippen molar-refractivity contribution in [3.05, 3.63) is 36.2 Å². The molecule has 5 rings (SSSR count). The van der Waals surface area contributed by atoms with Gasteiger partial charge in [-0.2, -0.15) is 28.6 Å². The number of hydrogen-bond acceptors (Lipinski definition) is 4. The summed E-state index contributed by atoms with van der Waals surface area (Å²) in [6, 6.07) is 3.68. The van der Waals surface area contributed by atoms with E-state index in [-0.39, 0.29) is 11.4 Å². The van der Waals surface area contributed by atoms with Gasteiger partial charge in [-0.1, -0.05) is 12.1 Å². The zero-order valence-electron chi connectivity index (χ0n) is 15.5. The van der Waals surface area contributed by atoms with E-state index in [0.29, 0.717) is 40.3 Å². The predicted molar refractivity (Wildman–Crippen MR) is 102 cm³/mol. The van der Waals surface area contributed by atoms with Gasteiger partial charge in [0.05, 0.1) is 17.1 Å². The van der Waals surface area contributed by atoms with Gasteiger partial charge in [0, 0.05) is 22.4 Å². The number of rotatable bonds is 5. The van der Waals surface area contributed by atoms with E-state index in [4.69, 9.17) is 5.73 Å². The van der Waals surface area contributed by atoms with Gasteiger partial charge < -0.3 is 10.7 Å². The maximum atomic E-state index is 13.6. The molecule has 0 aliphatic heterocycles. The second-order valence-electron chi connectivity index (χ2n) is 7.43. The van der Waals surface area contributed by atoms with Gasteiger partial charge in [0.2, 0.25) is 0 Å². The summed E-state index contributed by atoms with van der Waals surface area (Å²) in [6.07, 6.45) is -0.469. The summed E-state index contributed by atoms with van der Waals surface area (Å²) in [5.74, 6) is -0.974. The number of alkyl halides is 3. The summed E-state index contributed by atoms with van der Waals surface area (Å²) in [6.45, 7) is 0. The SMILES string of the molecule is NC(=O)c1c[nH+]c(N[C@H](C2CC2)C(F)(F)F)c2c1[nH]c1cc(-c3cn[nH]n3)ccc12. The van der Waals surface area contributed by atoms with Crippen LogP contribution in [0.4, 0.5) is 19.0 Å². The molecule has 154 valence electrons. The third-order valence-corrected chi connectivity index (χ3v) is 5.40. The molecule has 0 spiro atoms. The number of primary amides is 1. The van der Waals surface area contributed by atoms with Gasteiger partial charge >= 0.3 is 6.18 Å². The average molecular weight is 416 g/mol. The molecule has 0 radical (unpaired) electrons. The van der Waals surface area contributed by atoms with Crippen LogP contribution >= 0.6 is 0 Å². The minimum Gasteiger partial charge on any atom is -0.365 e. The van der Waals surface area contributed by atoms with Gasteiger partial charge in [-0.05, 0) is 18.9 Å². The number of carbonyl (C=O) groups excluding carboxylic acids is 1. The summed E-state index contributed by atoms with van der Waals surface area (Å²) in [5.41, 5.74) is 8.01. The van der Waals surface area contributed by atoms with Crippen LogP contribution in [0.2, 0.25) is 0 Å². The first-order chi connectivity index (χ1) is 14.3. The molecular formula is C19H17F3N7O+. The molecule has 8 nitrogen and oxygen atoms in total. The maximum absolute atomic E-state index is 13.6. The van der Waals surface area contributed by atoms with E-state index >= 15 is 0 Å². The smallest absolute Gasteiger partial charge is 0.365 e. The Morgan fingerprint density at radius 3 is 2.77 bits per heavy atom. The highest BCUT2D eigenvalue weighted by atomic mass is 19.4. The van der Waals surface area contributed by atoms with Crippen molar-refractivity contribution in [3.8, 4) is 11.3 Å². The molecule has 0 bridgehead atoms. The second kappa shape index (κ2) is 6.44. The van der Waals surface area contributed by atoms with E-state index < -0.39 is 24.0 Å². The third kappa shape index (κ3) is 3.02. The van der Waals surface area contributed by atoms with Crippen LogP contribution in [0.1, 0.15) is 23.2 Å². The first kappa shape index (κ1) is 18.4. The fourth-order valence-electron chi connectivity index (χ4n) is 3.81. The lowest BCUT2D eigenvalue weighted by Crippen LogP contribution is -2.40. The Kier molecular flexibility index (Phi) is 3.95. The van der Waals surface area contributed by atoms with Crippen LogP contribution in [0.3, 0.4) is 0 Å². The number of pyridine rings is 1. The Labute approximate surface area is 167 Å². The van der Waals surface area contributed by atoms with Gasteiger partial charge in [-0.3, -0.25) is 10.1 Å². The molecule has 1 aromatic carbocycles. The number of aromatic nitrogens is 5. The summed E-state index contributed by atoms with van der Waals surface area (Å²) < 4.78 is 40.7. The lowest BCUT2D eigenvalue weighted by atomic mass is 10.1. The van der Waals surface area contributed by atoms with Crippen molar-refractivity contribution >= 4 is 33.5 Å². The topological polar surface area (TPSA) is 127 Å². The monoisotopic (exact) mass is 416 g/mol. The Hall–Kier alpha value is -3.63. The fraction of sp³-hybridized carbons (Fsp3) is 0.263. The largest absolute Gasteiger partial charge is 0.428 e. The summed E-state index contributed by atoms with van der Waals surface area (Å²) in [4.78, 5) is 17.9. The molecule has 0 unspecified atom stereocenters. The van der Waals surface area contributed by atoms with Crippen LogP contribution in [0, 0.1) is 5.92 Å². The Bertz CT molecular complexity index is 1260. The molecule has 1 aliphatic rings. The summed E-state index contributed by atoms with van der Waals surface area (Å²) in [7, 11) is 0. The molecule has 11 heteroatoms. The van der Waals surface area contributed by atoms with Crippen LogP contribution in [0.15, 0.2) is 30.6 Å². The highest BCUT2D eigenvalue weighted by molar-refractivity contribution is 6.17. The Morgan fingerprint density at radius 1 is 1.33 bits per heavy atom. The van der Waals surface area contributed by atoms with Crippen molar-refractivity contribution < 1.29 is 22.9 Å². The number of carbonyl (C=O) groups is 1. The molecule has 4 aromatic rings. The van der Waals surface area contributed by atoms with Gasteiger partial charge in [0.15, 0.2) is 6.04 Å². The Morgan fingerprint density at radius 2 is 2.13 bits per heavy atom. The van der Waals surface area contributed by atoms with E-state index in [2.05, 4.69) is 30.7 Å². The molecule has 30 heavy (non-hydrogen) atoms. The molecule has 3 heterocycles. The lowest BCUT2D eigenvalue weighted by Gasteiger charge is -2.17.